The Bertz CT molecular complexity index is 1270. The number of unbranched alkanes of at least 4 members (excludes halogenated alkanes) is 2. The second kappa shape index (κ2) is 10.3. The normalized spacial score (nSPS) is 10.9. The second-order valence-electron chi connectivity index (χ2n) is 7.75. The largest absolute Gasteiger partial charge is 0.478 e. The average molecular weight is 464 g/mol. The number of aromatic amines is 1. The number of benzene rings is 2. The summed E-state index contributed by atoms with van der Waals surface area (Å²) in [4.78, 5) is 29.1. The molecule has 0 spiro atoms. The summed E-state index contributed by atoms with van der Waals surface area (Å²) in [5.74, 6) is -1.17. The molecule has 170 valence electrons. The first-order valence-electron chi connectivity index (χ1n) is 10.9. The van der Waals surface area contributed by atoms with Crippen LogP contribution in [-0.4, -0.2) is 27.8 Å². The topological polar surface area (TPSA) is 99.4 Å². The molecule has 0 aliphatic heterocycles. The van der Waals surface area contributed by atoms with Crippen molar-refractivity contribution in [2.45, 2.75) is 32.7 Å². The molecule has 0 aliphatic carbocycles. The molecular formula is C25H25N3O4S. The number of carboxylic acids is 1. The summed E-state index contributed by atoms with van der Waals surface area (Å²) in [6, 6.07) is 17.5. The van der Waals surface area contributed by atoms with Crippen LogP contribution in [0.5, 0.6) is 0 Å². The third kappa shape index (κ3) is 5.23. The van der Waals surface area contributed by atoms with E-state index >= 15 is 0 Å². The van der Waals surface area contributed by atoms with Crippen LogP contribution < -0.4 is 10.7 Å². The monoisotopic (exact) mass is 463 g/mol. The molecule has 0 saturated heterocycles. The quantitative estimate of drug-likeness (QED) is 0.295. The maximum absolute atomic E-state index is 11.7. The Hall–Kier alpha value is -3.65. The highest BCUT2D eigenvalue weighted by Gasteiger charge is 2.18. The van der Waals surface area contributed by atoms with Crippen molar-refractivity contribution >= 4 is 22.3 Å². The van der Waals surface area contributed by atoms with Gasteiger partial charge < -0.3 is 14.5 Å². The van der Waals surface area contributed by atoms with E-state index in [2.05, 4.69) is 34.1 Å². The van der Waals surface area contributed by atoms with Crippen molar-refractivity contribution in [1.29, 1.82) is 0 Å². The number of hydrogen-bond donors (Lipinski definition) is 2. The summed E-state index contributed by atoms with van der Waals surface area (Å²) in [5, 5.41) is 14.8. The number of rotatable bonds is 10. The van der Waals surface area contributed by atoms with Crippen molar-refractivity contribution in [1.82, 2.24) is 10.1 Å². The van der Waals surface area contributed by atoms with Crippen molar-refractivity contribution in [3.63, 3.8) is 0 Å². The zero-order valence-corrected chi connectivity index (χ0v) is 19.1. The number of hydrogen-bond acceptors (Lipinski definition) is 6. The SMILES string of the molecule is CCCCCN(Cc1ccc(-c2ccccc2-c2nc(=O)o[nH]2)cc1)c1sccc1C(=O)O. The summed E-state index contributed by atoms with van der Waals surface area (Å²) >= 11 is 1.47. The van der Waals surface area contributed by atoms with Gasteiger partial charge in [-0.25, -0.2) is 9.59 Å². The predicted octanol–water partition coefficient (Wildman–Crippen LogP) is 5.65. The van der Waals surface area contributed by atoms with E-state index < -0.39 is 11.7 Å². The standard InChI is InChI=1S/C25H25N3O4S/c1-2-3-6-14-28(23-21(24(29)30)13-15-33-23)16-17-9-11-18(12-10-17)19-7-4-5-8-20(19)22-26-25(31)32-27-22/h4-5,7-13,15H,2-3,6,14,16H2,1H3,(H,29,30)(H,26,27,31). The molecule has 0 bridgehead atoms. The van der Waals surface area contributed by atoms with Crippen molar-refractivity contribution in [2.75, 3.05) is 11.4 Å². The maximum Gasteiger partial charge on any atom is 0.460 e. The van der Waals surface area contributed by atoms with E-state index in [-0.39, 0.29) is 0 Å². The third-order valence-electron chi connectivity index (χ3n) is 5.45. The molecule has 0 saturated carbocycles. The number of nitrogens with one attached hydrogen (secondary N) is 1. The molecule has 7 nitrogen and oxygen atoms in total. The number of nitrogens with zero attached hydrogens (tertiary/aromatic N) is 2. The van der Waals surface area contributed by atoms with Crippen LogP contribution in [0.25, 0.3) is 22.5 Å². The Morgan fingerprint density at radius 3 is 2.52 bits per heavy atom. The smallest absolute Gasteiger partial charge is 0.460 e. The van der Waals surface area contributed by atoms with Gasteiger partial charge in [0.1, 0.15) is 5.00 Å². The molecule has 4 rings (SSSR count). The Balaban J connectivity index is 1.59. The molecule has 0 atom stereocenters. The van der Waals surface area contributed by atoms with Crippen molar-refractivity contribution in [3.8, 4) is 22.5 Å². The second-order valence-corrected chi connectivity index (χ2v) is 8.64. The molecular weight excluding hydrogens is 438 g/mol. The molecule has 33 heavy (non-hydrogen) atoms. The summed E-state index contributed by atoms with van der Waals surface area (Å²) in [6.07, 6.45) is 3.22. The van der Waals surface area contributed by atoms with Crippen LogP contribution in [0.15, 0.2) is 69.3 Å². The van der Waals surface area contributed by atoms with Gasteiger partial charge in [0, 0.05) is 18.7 Å². The van der Waals surface area contributed by atoms with Gasteiger partial charge in [0.25, 0.3) is 0 Å². The van der Waals surface area contributed by atoms with E-state index in [1.165, 1.54) is 11.3 Å². The highest BCUT2D eigenvalue weighted by molar-refractivity contribution is 7.14. The fraction of sp³-hybridized carbons (Fsp3) is 0.240. The molecule has 4 aromatic rings. The Morgan fingerprint density at radius 1 is 1.09 bits per heavy atom. The third-order valence-corrected chi connectivity index (χ3v) is 6.43. The highest BCUT2D eigenvalue weighted by Crippen LogP contribution is 2.32. The van der Waals surface area contributed by atoms with Gasteiger partial charge in [0.2, 0.25) is 0 Å². The first kappa shape index (κ1) is 22.5. The minimum atomic E-state index is -0.899. The lowest BCUT2D eigenvalue weighted by atomic mass is 9.98. The van der Waals surface area contributed by atoms with Gasteiger partial charge in [0.15, 0.2) is 5.82 Å². The number of anilines is 1. The minimum Gasteiger partial charge on any atom is -0.478 e. The Kier molecular flexibility index (Phi) is 7.04. The summed E-state index contributed by atoms with van der Waals surface area (Å²) < 4.78 is 4.74. The predicted molar refractivity (Wildman–Crippen MR) is 130 cm³/mol. The van der Waals surface area contributed by atoms with E-state index in [0.29, 0.717) is 17.9 Å². The van der Waals surface area contributed by atoms with Gasteiger partial charge in [-0.15, -0.1) is 11.3 Å². The van der Waals surface area contributed by atoms with E-state index in [9.17, 15) is 14.7 Å². The molecule has 0 amide bonds. The first-order valence-corrected chi connectivity index (χ1v) is 11.7. The van der Waals surface area contributed by atoms with Crippen LogP contribution >= 0.6 is 11.3 Å². The molecule has 2 heterocycles. The van der Waals surface area contributed by atoms with Crippen molar-refractivity contribution in [3.05, 3.63) is 81.7 Å². The summed E-state index contributed by atoms with van der Waals surface area (Å²) in [5.41, 5.74) is 4.14. The molecule has 2 aromatic heterocycles. The lowest BCUT2D eigenvalue weighted by molar-refractivity contribution is 0.0698. The number of thiophene rings is 1. The van der Waals surface area contributed by atoms with Crippen LogP contribution in [0.1, 0.15) is 42.1 Å². The number of aromatic carboxylic acids is 1. The maximum atomic E-state index is 11.7. The van der Waals surface area contributed by atoms with E-state index in [1.807, 2.05) is 41.8 Å². The molecule has 8 heteroatoms. The van der Waals surface area contributed by atoms with Gasteiger partial charge in [-0.05, 0) is 34.6 Å². The first-order chi connectivity index (χ1) is 16.1. The summed E-state index contributed by atoms with van der Waals surface area (Å²) in [7, 11) is 0. The number of carboxylic acid groups (broad SMARTS) is 1. The summed E-state index contributed by atoms with van der Waals surface area (Å²) in [6.45, 7) is 3.59. The highest BCUT2D eigenvalue weighted by atomic mass is 32.1. The fourth-order valence-electron chi connectivity index (χ4n) is 3.81. The lowest BCUT2D eigenvalue weighted by Gasteiger charge is -2.24. The van der Waals surface area contributed by atoms with Crippen LogP contribution in [0, 0.1) is 0 Å². The number of carbonyl (C=O) groups is 1. The van der Waals surface area contributed by atoms with Gasteiger partial charge in [-0.1, -0.05) is 68.3 Å². The fourth-order valence-corrected chi connectivity index (χ4v) is 4.73. The molecule has 0 fully saturated rings. The Morgan fingerprint density at radius 2 is 1.85 bits per heavy atom. The zero-order valence-electron chi connectivity index (χ0n) is 18.3. The average Bonchev–Trinajstić information content (AvgIpc) is 3.48. The minimum absolute atomic E-state index is 0.351. The van der Waals surface area contributed by atoms with E-state index in [0.717, 1.165) is 53.1 Å². The van der Waals surface area contributed by atoms with Crippen molar-refractivity contribution < 1.29 is 14.4 Å². The van der Waals surface area contributed by atoms with Crippen LogP contribution in [0.2, 0.25) is 0 Å². The van der Waals surface area contributed by atoms with Gasteiger partial charge >= 0.3 is 11.7 Å². The van der Waals surface area contributed by atoms with E-state index in [4.69, 9.17) is 4.52 Å². The van der Waals surface area contributed by atoms with E-state index in [1.54, 1.807) is 6.07 Å². The lowest BCUT2D eigenvalue weighted by Crippen LogP contribution is -2.24. The number of aromatic nitrogens is 2. The molecule has 2 aromatic carbocycles. The Labute approximate surface area is 195 Å². The molecule has 2 N–H and O–H groups in total. The van der Waals surface area contributed by atoms with Gasteiger partial charge in [-0.3, -0.25) is 0 Å². The molecule has 0 radical (unpaired) electrons. The van der Waals surface area contributed by atoms with Crippen LogP contribution in [0.3, 0.4) is 0 Å². The van der Waals surface area contributed by atoms with Crippen LogP contribution in [-0.2, 0) is 6.54 Å². The number of H-pyrrole nitrogens is 1. The van der Waals surface area contributed by atoms with Crippen LogP contribution in [0.4, 0.5) is 5.00 Å². The van der Waals surface area contributed by atoms with Crippen molar-refractivity contribution in [2.24, 2.45) is 0 Å². The zero-order chi connectivity index (χ0) is 23.2. The molecule has 0 unspecified atom stereocenters. The van der Waals surface area contributed by atoms with Gasteiger partial charge in [-0.2, -0.15) is 10.1 Å². The molecule has 0 aliphatic rings. The van der Waals surface area contributed by atoms with Gasteiger partial charge in [0.05, 0.1) is 5.56 Å².